The molecule has 3 N–H and O–H groups in total. The molecule has 3 rings (SSSR count). The molecule has 0 spiro atoms. The second-order valence-electron chi connectivity index (χ2n) is 4.82. The topological polar surface area (TPSA) is 77.2 Å². The summed E-state index contributed by atoms with van der Waals surface area (Å²) in [6, 6.07) is 9.32. The number of aromatic nitrogens is 1. The molecule has 0 fully saturated rings. The highest BCUT2D eigenvalue weighted by molar-refractivity contribution is 9.10. The molecule has 1 atom stereocenters. The van der Waals surface area contributed by atoms with E-state index in [2.05, 4.69) is 26.2 Å². The number of anilines is 2. The normalized spacial score (nSPS) is 16.7. The fourth-order valence-electron chi connectivity index (χ4n) is 2.36. The van der Waals surface area contributed by atoms with Gasteiger partial charge in [-0.05, 0) is 34.5 Å². The predicted molar refractivity (Wildman–Crippen MR) is 84.3 cm³/mol. The maximum atomic E-state index is 12.5. The third-order valence-corrected chi connectivity index (χ3v) is 3.98. The van der Waals surface area contributed by atoms with Crippen LogP contribution in [0.2, 0.25) is 0 Å². The van der Waals surface area contributed by atoms with Gasteiger partial charge in [-0.25, -0.2) is 4.98 Å². The monoisotopic (exact) mass is 347 g/mol. The van der Waals surface area contributed by atoms with Crippen molar-refractivity contribution < 1.29 is 9.53 Å². The summed E-state index contributed by atoms with van der Waals surface area (Å²) in [5.74, 6) is 0.913. The summed E-state index contributed by atoms with van der Waals surface area (Å²) in [6.07, 6.45) is 2.16. The Labute approximate surface area is 130 Å². The van der Waals surface area contributed by atoms with Crippen LogP contribution in [0.25, 0.3) is 0 Å². The van der Waals surface area contributed by atoms with Gasteiger partial charge in [0.1, 0.15) is 11.6 Å². The van der Waals surface area contributed by atoms with Crippen molar-refractivity contribution in [2.75, 3.05) is 17.7 Å². The van der Waals surface area contributed by atoms with Crippen molar-refractivity contribution in [3.8, 4) is 5.75 Å². The molecule has 1 amide bonds. The Balaban J connectivity index is 1.83. The number of ether oxygens (including phenoxy) is 1. The molecule has 2 heterocycles. The van der Waals surface area contributed by atoms with Crippen LogP contribution in [-0.4, -0.2) is 17.5 Å². The Morgan fingerprint density at radius 3 is 3.05 bits per heavy atom. The van der Waals surface area contributed by atoms with Gasteiger partial charge in [0.2, 0.25) is 5.91 Å². The molecule has 1 aromatic heterocycles. The van der Waals surface area contributed by atoms with Gasteiger partial charge in [-0.1, -0.05) is 18.2 Å². The summed E-state index contributed by atoms with van der Waals surface area (Å²) in [5.41, 5.74) is 7.09. The first-order valence-corrected chi connectivity index (χ1v) is 7.38. The van der Waals surface area contributed by atoms with E-state index >= 15 is 0 Å². The molecule has 0 aliphatic carbocycles. The molecule has 1 aliphatic heterocycles. The lowest BCUT2D eigenvalue weighted by Crippen LogP contribution is -2.26. The smallest absolute Gasteiger partial charge is 0.233 e. The van der Waals surface area contributed by atoms with Crippen LogP contribution in [0.4, 0.5) is 11.5 Å². The number of amides is 1. The van der Waals surface area contributed by atoms with Crippen LogP contribution in [0.1, 0.15) is 17.9 Å². The maximum absolute atomic E-state index is 12.5. The molecule has 0 saturated carbocycles. The van der Waals surface area contributed by atoms with E-state index in [4.69, 9.17) is 10.5 Å². The van der Waals surface area contributed by atoms with Gasteiger partial charge in [0.25, 0.3) is 0 Å². The van der Waals surface area contributed by atoms with Gasteiger partial charge in [-0.2, -0.15) is 0 Å². The number of hydrogen-bond donors (Lipinski definition) is 2. The predicted octanol–water partition coefficient (Wildman–Crippen LogP) is 2.93. The molecule has 108 valence electrons. The number of nitrogens with two attached hydrogens (primary N) is 1. The summed E-state index contributed by atoms with van der Waals surface area (Å²) in [4.78, 5) is 16.6. The summed E-state index contributed by atoms with van der Waals surface area (Å²) >= 11 is 3.35. The Bertz CT molecular complexity index is 690. The Morgan fingerprint density at radius 2 is 2.24 bits per heavy atom. The fraction of sp³-hybridized carbons (Fsp3) is 0.200. The number of rotatable bonds is 2. The van der Waals surface area contributed by atoms with Crippen LogP contribution in [0.5, 0.6) is 5.75 Å². The van der Waals surface area contributed by atoms with E-state index in [-0.39, 0.29) is 11.8 Å². The summed E-state index contributed by atoms with van der Waals surface area (Å²) < 4.78 is 6.24. The van der Waals surface area contributed by atoms with Crippen molar-refractivity contribution in [1.82, 2.24) is 4.98 Å². The maximum Gasteiger partial charge on any atom is 0.233 e. The van der Waals surface area contributed by atoms with E-state index in [0.29, 0.717) is 29.0 Å². The minimum atomic E-state index is -0.235. The molecular formula is C15H14BrN3O2. The second-order valence-corrected chi connectivity index (χ2v) is 5.67. The first-order valence-electron chi connectivity index (χ1n) is 6.59. The number of carbonyl (C=O) groups is 1. The van der Waals surface area contributed by atoms with Gasteiger partial charge in [0, 0.05) is 5.56 Å². The summed E-state index contributed by atoms with van der Waals surface area (Å²) in [7, 11) is 0. The van der Waals surface area contributed by atoms with E-state index in [1.807, 2.05) is 24.3 Å². The van der Waals surface area contributed by atoms with Gasteiger partial charge >= 0.3 is 0 Å². The molecule has 6 heteroatoms. The van der Waals surface area contributed by atoms with E-state index in [1.54, 1.807) is 6.07 Å². The van der Waals surface area contributed by atoms with Gasteiger partial charge in [-0.15, -0.1) is 0 Å². The number of hydrogen-bond acceptors (Lipinski definition) is 4. The van der Waals surface area contributed by atoms with Crippen LogP contribution in [0.3, 0.4) is 0 Å². The number of nitrogens with zero attached hydrogens (tertiary/aromatic N) is 1. The number of para-hydroxylation sites is 1. The first kappa shape index (κ1) is 13.9. The molecule has 1 aliphatic rings. The molecule has 0 bridgehead atoms. The van der Waals surface area contributed by atoms with Gasteiger partial charge < -0.3 is 15.8 Å². The molecular weight excluding hydrogens is 334 g/mol. The van der Waals surface area contributed by atoms with Crippen molar-refractivity contribution in [3.63, 3.8) is 0 Å². The molecule has 1 unspecified atom stereocenters. The molecule has 2 aromatic rings. The zero-order valence-electron chi connectivity index (χ0n) is 11.2. The highest BCUT2D eigenvalue weighted by atomic mass is 79.9. The largest absolute Gasteiger partial charge is 0.493 e. The lowest BCUT2D eigenvalue weighted by atomic mass is 9.92. The van der Waals surface area contributed by atoms with Crippen molar-refractivity contribution in [2.24, 2.45) is 0 Å². The number of fused-ring (bicyclic) bond motifs is 1. The molecule has 0 radical (unpaired) electrons. The van der Waals surface area contributed by atoms with Crippen LogP contribution in [0, 0.1) is 0 Å². The number of nitrogens with one attached hydrogen (secondary N) is 1. The Morgan fingerprint density at radius 1 is 1.43 bits per heavy atom. The van der Waals surface area contributed by atoms with E-state index in [1.165, 1.54) is 6.20 Å². The molecule has 5 nitrogen and oxygen atoms in total. The van der Waals surface area contributed by atoms with Crippen LogP contribution >= 0.6 is 15.9 Å². The molecule has 21 heavy (non-hydrogen) atoms. The lowest BCUT2D eigenvalue weighted by molar-refractivity contribution is -0.118. The van der Waals surface area contributed by atoms with Gasteiger partial charge in [-0.3, -0.25) is 4.79 Å². The van der Waals surface area contributed by atoms with E-state index in [0.717, 1.165) is 11.3 Å². The van der Waals surface area contributed by atoms with Gasteiger partial charge in [0.05, 0.1) is 28.9 Å². The lowest BCUT2D eigenvalue weighted by Gasteiger charge is -2.25. The first-order chi connectivity index (χ1) is 10.1. The highest BCUT2D eigenvalue weighted by Crippen LogP contribution is 2.34. The average Bonchev–Trinajstić information content (AvgIpc) is 2.49. The van der Waals surface area contributed by atoms with Crippen molar-refractivity contribution >= 4 is 33.3 Å². The Hall–Kier alpha value is -2.08. The number of nitrogen functional groups attached to an aromatic ring is 1. The van der Waals surface area contributed by atoms with E-state index in [9.17, 15) is 4.79 Å². The van der Waals surface area contributed by atoms with Crippen LogP contribution in [-0.2, 0) is 4.79 Å². The fourth-order valence-corrected chi connectivity index (χ4v) is 2.83. The second kappa shape index (κ2) is 5.73. The van der Waals surface area contributed by atoms with Crippen LogP contribution < -0.4 is 15.8 Å². The summed E-state index contributed by atoms with van der Waals surface area (Å²) in [5, 5.41) is 2.84. The number of carbonyl (C=O) groups excluding carboxylic acids is 1. The van der Waals surface area contributed by atoms with Gasteiger partial charge in [0.15, 0.2) is 0 Å². The van der Waals surface area contributed by atoms with Crippen molar-refractivity contribution in [2.45, 2.75) is 12.3 Å². The summed E-state index contributed by atoms with van der Waals surface area (Å²) in [6.45, 7) is 0.533. The molecule has 1 aromatic carbocycles. The average molecular weight is 348 g/mol. The van der Waals surface area contributed by atoms with Crippen molar-refractivity contribution in [1.29, 1.82) is 0 Å². The zero-order valence-corrected chi connectivity index (χ0v) is 12.8. The number of halogens is 1. The van der Waals surface area contributed by atoms with Crippen molar-refractivity contribution in [3.05, 3.63) is 46.6 Å². The van der Waals surface area contributed by atoms with E-state index < -0.39 is 0 Å². The number of pyridine rings is 1. The quantitative estimate of drug-likeness (QED) is 0.875. The Kier molecular flexibility index (Phi) is 3.79. The third-order valence-electron chi connectivity index (χ3n) is 3.38. The zero-order chi connectivity index (χ0) is 14.8. The highest BCUT2D eigenvalue weighted by Gasteiger charge is 2.27. The SMILES string of the molecule is Nc1cnc(NC(=O)C2CCOc3ccccc32)c(Br)c1. The minimum absolute atomic E-state index is 0.0938. The third kappa shape index (κ3) is 2.85. The standard InChI is InChI=1S/C15H14BrN3O2/c16-12-7-9(17)8-18-14(12)19-15(20)11-5-6-21-13-4-2-1-3-10(11)13/h1-4,7-8,11H,5-6,17H2,(H,18,19,20). The molecule has 0 saturated heterocycles. The van der Waals surface area contributed by atoms with Crippen LogP contribution in [0.15, 0.2) is 41.0 Å². The minimum Gasteiger partial charge on any atom is -0.493 e. The number of benzene rings is 1.